The average molecular weight is 310 g/mol. The highest BCUT2D eigenvalue weighted by Crippen LogP contribution is 2.23. The van der Waals surface area contributed by atoms with E-state index in [1.807, 2.05) is 20.8 Å². The van der Waals surface area contributed by atoms with Crippen molar-refractivity contribution >= 4 is 6.09 Å². The molecule has 4 heteroatoms. The topological polar surface area (TPSA) is 50.4 Å². The highest BCUT2D eigenvalue weighted by atomic mass is 16.6. The summed E-state index contributed by atoms with van der Waals surface area (Å²) < 4.78 is 5.40. The first-order valence-electron chi connectivity index (χ1n) is 9.19. The predicted molar refractivity (Wildman–Crippen MR) is 90.0 cm³/mol. The van der Waals surface area contributed by atoms with Gasteiger partial charge in [-0.3, -0.25) is 0 Å². The van der Waals surface area contributed by atoms with Crippen LogP contribution >= 0.6 is 0 Å². The molecule has 0 bridgehead atoms. The molecule has 1 amide bonds. The lowest BCUT2D eigenvalue weighted by atomic mass is 9.95. The van der Waals surface area contributed by atoms with Gasteiger partial charge in [0.15, 0.2) is 0 Å². The molecule has 4 nitrogen and oxygen atoms in total. The van der Waals surface area contributed by atoms with E-state index < -0.39 is 5.60 Å². The van der Waals surface area contributed by atoms with Crippen LogP contribution in [0.1, 0.15) is 85.0 Å². The fourth-order valence-corrected chi connectivity index (χ4v) is 3.72. The van der Waals surface area contributed by atoms with Gasteiger partial charge in [-0.1, -0.05) is 32.1 Å². The molecular weight excluding hydrogens is 276 g/mol. The molecule has 128 valence electrons. The van der Waals surface area contributed by atoms with Crippen LogP contribution in [0.2, 0.25) is 0 Å². The molecule has 0 heterocycles. The molecule has 2 fully saturated rings. The van der Waals surface area contributed by atoms with Gasteiger partial charge in [0.2, 0.25) is 0 Å². The van der Waals surface area contributed by atoms with Gasteiger partial charge >= 0.3 is 6.09 Å². The summed E-state index contributed by atoms with van der Waals surface area (Å²) in [6.45, 7) is 5.72. The highest BCUT2D eigenvalue weighted by Gasteiger charge is 2.31. The minimum atomic E-state index is -0.425. The molecule has 0 saturated heterocycles. The molecule has 0 aromatic carbocycles. The summed E-state index contributed by atoms with van der Waals surface area (Å²) in [6, 6.07) is 1.27. The Balaban J connectivity index is 1.80. The van der Waals surface area contributed by atoms with E-state index in [0.29, 0.717) is 12.1 Å². The molecular formula is C18H34N2O2. The van der Waals surface area contributed by atoms with Crippen molar-refractivity contribution in [3.63, 3.8) is 0 Å². The normalized spacial score (nSPS) is 28.0. The zero-order valence-electron chi connectivity index (χ0n) is 14.6. The first-order valence-corrected chi connectivity index (χ1v) is 9.19. The van der Waals surface area contributed by atoms with Crippen molar-refractivity contribution in [1.82, 2.24) is 10.6 Å². The Morgan fingerprint density at radius 2 is 1.45 bits per heavy atom. The van der Waals surface area contributed by atoms with Gasteiger partial charge in [0, 0.05) is 18.1 Å². The number of carbonyl (C=O) groups excluding carboxylic acids is 1. The van der Waals surface area contributed by atoms with Crippen LogP contribution in [0.3, 0.4) is 0 Å². The Labute approximate surface area is 135 Å². The van der Waals surface area contributed by atoms with Crippen molar-refractivity contribution in [2.75, 3.05) is 0 Å². The van der Waals surface area contributed by atoms with Crippen LogP contribution in [-0.2, 0) is 4.74 Å². The van der Waals surface area contributed by atoms with Gasteiger partial charge in [0.1, 0.15) is 5.60 Å². The molecule has 2 atom stereocenters. The summed E-state index contributed by atoms with van der Waals surface area (Å²) in [5.74, 6) is 0. The molecule has 2 aliphatic rings. The Morgan fingerprint density at radius 3 is 2.09 bits per heavy atom. The van der Waals surface area contributed by atoms with Crippen LogP contribution in [0.4, 0.5) is 4.79 Å². The number of carbonyl (C=O) groups is 1. The van der Waals surface area contributed by atoms with Gasteiger partial charge in [-0.2, -0.15) is 0 Å². The van der Waals surface area contributed by atoms with Crippen LogP contribution in [-0.4, -0.2) is 29.8 Å². The number of nitrogens with one attached hydrogen (secondary N) is 2. The van der Waals surface area contributed by atoms with E-state index in [4.69, 9.17) is 4.74 Å². The first-order chi connectivity index (χ1) is 10.4. The van der Waals surface area contributed by atoms with Crippen LogP contribution < -0.4 is 10.6 Å². The summed E-state index contributed by atoms with van der Waals surface area (Å²) >= 11 is 0. The van der Waals surface area contributed by atoms with E-state index in [1.54, 1.807) is 0 Å². The maximum atomic E-state index is 12.0. The van der Waals surface area contributed by atoms with Gasteiger partial charge < -0.3 is 15.4 Å². The molecule has 0 aromatic heterocycles. The molecule has 22 heavy (non-hydrogen) atoms. The molecule has 2 unspecified atom stereocenters. The third-order valence-electron chi connectivity index (χ3n) is 4.77. The van der Waals surface area contributed by atoms with E-state index in [0.717, 1.165) is 12.8 Å². The molecule has 0 spiro atoms. The zero-order valence-corrected chi connectivity index (χ0v) is 14.6. The van der Waals surface area contributed by atoms with E-state index >= 15 is 0 Å². The molecule has 0 radical (unpaired) electrons. The number of hydrogen-bond acceptors (Lipinski definition) is 3. The smallest absolute Gasteiger partial charge is 0.407 e. The number of alkyl carbamates (subject to hydrolysis) is 1. The SMILES string of the molecule is CC(C)(C)OC(=O)NC1CCCC1NC1CCCCCCC1. The molecule has 0 aliphatic heterocycles. The Hall–Kier alpha value is -0.770. The summed E-state index contributed by atoms with van der Waals surface area (Å²) in [5, 5.41) is 6.91. The third kappa shape index (κ3) is 6.15. The second kappa shape index (κ2) is 8.19. The standard InChI is InChI=1S/C18H34N2O2/c1-18(2,3)22-17(21)20-16-13-9-12-15(16)19-14-10-7-5-4-6-8-11-14/h14-16,19H,4-13H2,1-3H3,(H,20,21). The molecule has 2 aliphatic carbocycles. The summed E-state index contributed by atoms with van der Waals surface area (Å²) in [7, 11) is 0. The Kier molecular flexibility index (Phi) is 6.54. The number of ether oxygens (including phenoxy) is 1. The second-order valence-corrected chi connectivity index (χ2v) is 8.00. The second-order valence-electron chi connectivity index (χ2n) is 8.00. The number of rotatable bonds is 3. The van der Waals surface area contributed by atoms with Crippen LogP contribution in [0.25, 0.3) is 0 Å². The number of hydrogen-bond donors (Lipinski definition) is 2. The average Bonchev–Trinajstić information content (AvgIpc) is 2.77. The lowest BCUT2D eigenvalue weighted by Crippen LogP contribution is -2.50. The van der Waals surface area contributed by atoms with Crippen molar-refractivity contribution in [2.45, 2.75) is 109 Å². The summed E-state index contributed by atoms with van der Waals surface area (Å²) in [6.07, 6.45) is 12.5. The Morgan fingerprint density at radius 1 is 0.864 bits per heavy atom. The van der Waals surface area contributed by atoms with Gasteiger partial charge in [-0.15, -0.1) is 0 Å². The quantitative estimate of drug-likeness (QED) is 0.824. The van der Waals surface area contributed by atoms with Crippen molar-refractivity contribution < 1.29 is 9.53 Å². The zero-order chi connectivity index (χ0) is 16.0. The molecule has 2 rings (SSSR count). The first kappa shape index (κ1) is 17.6. The van der Waals surface area contributed by atoms with Crippen LogP contribution in [0.5, 0.6) is 0 Å². The predicted octanol–water partition coefficient (Wildman–Crippen LogP) is 4.13. The molecule has 2 N–H and O–H groups in total. The minimum absolute atomic E-state index is 0.222. The van der Waals surface area contributed by atoms with E-state index in [-0.39, 0.29) is 12.1 Å². The van der Waals surface area contributed by atoms with Gasteiger partial charge in [-0.05, 0) is 52.9 Å². The van der Waals surface area contributed by atoms with Gasteiger partial charge in [0.05, 0.1) is 0 Å². The van der Waals surface area contributed by atoms with Crippen molar-refractivity contribution in [2.24, 2.45) is 0 Å². The number of amides is 1. The Bertz CT molecular complexity index is 343. The minimum Gasteiger partial charge on any atom is -0.444 e. The molecule has 2 saturated carbocycles. The maximum Gasteiger partial charge on any atom is 0.407 e. The van der Waals surface area contributed by atoms with E-state index in [1.165, 1.54) is 51.4 Å². The van der Waals surface area contributed by atoms with Crippen LogP contribution in [0.15, 0.2) is 0 Å². The monoisotopic (exact) mass is 310 g/mol. The third-order valence-corrected chi connectivity index (χ3v) is 4.77. The summed E-state index contributed by atoms with van der Waals surface area (Å²) in [4.78, 5) is 12.0. The fourth-order valence-electron chi connectivity index (χ4n) is 3.72. The summed E-state index contributed by atoms with van der Waals surface area (Å²) in [5.41, 5.74) is -0.425. The fraction of sp³-hybridized carbons (Fsp3) is 0.944. The molecule has 0 aromatic rings. The van der Waals surface area contributed by atoms with Crippen molar-refractivity contribution in [3.05, 3.63) is 0 Å². The highest BCUT2D eigenvalue weighted by molar-refractivity contribution is 5.68. The van der Waals surface area contributed by atoms with Gasteiger partial charge in [0.25, 0.3) is 0 Å². The largest absolute Gasteiger partial charge is 0.444 e. The maximum absolute atomic E-state index is 12.0. The van der Waals surface area contributed by atoms with Gasteiger partial charge in [-0.25, -0.2) is 4.79 Å². The van der Waals surface area contributed by atoms with Crippen molar-refractivity contribution in [1.29, 1.82) is 0 Å². The van der Waals surface area contributed by atoms with E-state index in [2.05, 4.69) is 10.6 Å². The lowest BCUT2D eigenvalue weighted by Gasteiger charge is -2.29. The van der Waals surface area contributed by atoms with Crippen molar-refractivity contribution in [3.8, 4) is 0 Å². The lowest BCUT2D eigenvalue weighted by molar-refractivity contribution is 0.0496. The van der Waals surface area contributed by atoms with Crippen LogP contribution in [0, 0.1) is 0 Å². The van der Waals surface area contributed by atoms with E-state index in [9.17, 15) is 4.79 Å².